The van der Waals surface area contributed by atoms with Crippen LogP contribution in [0.5, 0.6) is 0 Å². The predicted molar refractivity (Wildman–Crippen MR) is 133 cm³/mol. The third-order valence-corrected chi connectivity index (χ3v) is 13.6. The molecule has 0 aromatic rings. The van der Waals surface area contributed by atoms with Crippen molar-refractivity contribution in [1.29, 1.82) is 0 Å². The molecular formula is C30H46O5. The molecule has 0 amide bonds. The number of allylic oxidation sites excluding steroid dienone is 2. The largest absolute Gasteiger partial charge is 0.461 e. The van der Waals surface area contributed by atoms with Gasteiger partial charge in [-0.15, -0.1) is 0 Å². The zero-order valence-corrected chi connectivity index (χ0v) is 22.7. The molecule has 0 unspecified atom stereocenters. The van der Waals surface area contributed by atoms with Crippen molar-refractivity contribution >= 4 is 5.97 Å². The Kier molecular flexibility index (Phi) is 4.71. The molecule has 6 aliphatic rings. The molecule has 35 heavy (non-hydrogen) atoms. The van der Waals surface area contributed by atoms with E-state index in [4.69, 9.17) is 4.74 Å². The molecule has 0 aromatic carbocycles. The number of aliphatic hydroxyl groups excluding tert-OH is 3. The van der Waals surface area contributed by atoms with Crippen molar-refractivity contribution < 1.29 is 24.9 Å². The Labute approximate surface area is 210 Å². The van der Waals surface area contributed by atoms with Crippen LogP contribution < -0.4 is 0 Å². The third kappa shape index (κ3) is 2.55. The molecule has 0 radical (unpaired) electrons. The van der Waals surface area contributed by atoms with Crippen molar-refractivity contribution in [1.82, 2.24) is 0 Å². The fourth-order valence-corrected chi connectivity index (χ4v) is 11.0. The molecule has 4 saturated carbocycles. The number of carbonyl (C=O) groups excluding carboxylic acids is 1. The molecule has 5 heteroatoms. The van der Waals surface area contributed by atoms with E-state index in [2.05, 4.69) is 54.5 Å². The van der Waals surface area contributed by atoms with E-state index in [0.717, 1.165) is 25.7 Å². The lowest BCUT2D eigenvalue weighted by Crippen LogP contribution is -2.69. The molecule has 2 bridgehead atoms. The summed E-state index contributed by atoms with van der Waals surface area (Å²) in [7, 11) is 0. The summed E-state index contributed by atoms with van der Waals surface area (Å²) in [6.45, 7) is 15.8. The first-order valence-electron chi connectivity index (χ1n) is 14.0. The fraction of sp³-hybridized carbons (Fsp3) is 0.900. The Balaban J connectivity index is 1.49. The average molecular weight is 487 g/mol. The zero-order chi connectivity index (χ0) is 25.6. The monoisotopic (exact) mass is 486 g/mol. The quantitative estimate of drug-likeness (QED) is 0.343. The Morgan fingerprint density at radius 1 is 0.886 bits per heavy atom. The van der Waals surface area contributed by atoms with Gasteiger partial charge < -0.3 is 20.1 Å². The summed E-state index contributed by atoms with van der Waals surface area (Å²) in [6, 6.07) is 0. The van der Waals surface area contributed by atoms with E-state index < -0.39 is 23.7 Å². The number of aliphatic hydroxyl groups is 3. The van der Waals surface area contributed by atoms with E-state index in [1.807, 2.05) is 0 Å². The second kappa shape index (κ2) is 6.74. The van der Waals surface area contributed by atoms with Crippen LogP contribution in [0.4, 0.5) is 0 Å². The topological polar surface area (TPSA) is 87.0 Å². The number of ether oxygens (including phenoxy) is 1. The van der Waals surface area contributed by atoms with Gasteiger partial charge in [0.2, 0.25) is 0 Å². The highest BCUT2D eigenvalue weighted by molar-refractivity contribution is 5.82. The number of rotatable bonds is 0. The normalized spacial score (nSPS) is 57.7. The van der Waals surface area contributed by atoms with Crippen LogP contribution >= 0.6 is 0 Å². The van der Waals surface area contributed by atoms with Crippen molar-refractivity contribution in [2.45, 2.75) is 118 Å². The molecule has 0 aromatic heterocycles. The Hall–Kier alpha value is -0.910. The van der Waals surface area contributed by atoms with Gasteiger partial charge in [0.05, 0.1) is 18.3 Å². The highest BCUT2D eigenvalue weighted by Crippen LogP contribution is 2.76. The first-order chi connectivity index (χ1) is 16.1. The van der Waals surface area contributed by atoms with Crippen molar-refractivity contribution in [2.75, 3.05) is 0 Å². The minimum absolute atomic E-state index is 0.00958. The fourth-order valence-electron chi connectivity index (χ4n) is 11.0. The molecule has 11 atom stereocenters. The van der Waals surface area contributed by atoms with Crippen molar-refractivity contribution in [3.05, 3.63) is 11.6 Å². The molecule has 196 valence electrons. The minimum atomic E-state index is -0.799. The summed E-state index contributed by atoms with van der Waals surface area (Å²) in [5.74, 6) is 0.320. The third-order valence-electron chi connectivity index (χ3n) is 13.6. The number of fused-ring (bicyclic) bond motifs is 7. The smallest absolute Gasteiger partial charge is 0.315 e. The Morgan fingerprint density at radius 2 is 1.57 bits per heavy atom. The van der Waals surface area contributed by atoms with Gasteiger partial charge in [-0.05, 0) is 66.1 Å². The molecule has 1 spiro atoms. The van der Waals surface area contributed by atoms with Gasteiger partial charge in [-0.25, -0.2) is 0 Å². The maximum absolute atomic E-state index is 13.4. The highest BCUT2D eigenvalue weighted by atomic mass is 16.6. The molecule has 6 rings (SSSR count). The minimum Gasteiger partial charge on any atom is -0.461 e. The molecule has 5 fully saturated rings. The number of esters is 1. The number of carbonyl (C=O) groups is 1. The zero-order valence-electron chi connectivity index (χ0n) is 22.7. The van der Waals surface area contributed by atoms with Gasteiger partial charge in [0.15, 0.2) is 0 Å². The van der Waals surface area contributed by atoms with Crippen LogP contribution in [0.1, 0.15) is 93.4 Å². The average Bonchev–Trinajstić information content (AvgIpc) is 3.06. The first kappa shape index (κ1) is 24.4. The second-order valence-corrected chi connectivity index (χ2v) is 15.3. The molecule has 1 heterocycles. The van der Waals surface area contributed by atoms with Crippen LogP contribution in [0.3, 0.4) is 0 Å². The van der Waals surface area contributed by atoms with Crippen LogP contribution in [-0.2, 0) is 9.53 Å². The molecule has 5 aliphatic carbocycles. The molecule has 1 saturated heterocycles. The van der Waals surface area contributed by atoms with Crippen molar-refractivity contribution in [3.8, 4) is 0 Å². The summed E-state index contributed by atoms with van der Waals surface area (Å²) in [6.07, 6.45) is 5.93. The van der Waals surface area contributed by atoms with Crippen molar-refractivity contribution in [3.63, 3.8) is 0 Å². The van der Waals surface area contributed by atoms with Crippen LogP contribution in [0, 0.1) is 50.2 Å². The summed E-state index contributed by atoms with van der Waals surface area (Å²) in [4.78, 5) is 13.4. The van der Waals surface area contributed by atoms with E-state index in [-0.39, 0.29) is 56.9 Å². The molecule has 3 N–H and O–H groups in total. The molecule has 1 aliphatic heterocycles. The van der Waals surface area contributed by atoms with Gasteiger partial charge in [0, 0.05) is 23.7 Å². The lowest BCUT2D eigenvalue weighted by Gasteiger charge is -2.72. The molecular weight excluding hydrogens is 440 g/mol. The van der Waals surface area contributed by atoms with Crippen LogP contribution in [-0.4, -0.2) is 45.7 Å². The van der Waals surface area contributed by atoms with Crippen LogP contribution in [0.15, 0.2) is 11.6 Å². The second-order valence-electron chi connectivity index (χ2n) is 15.3. The van der Waals surface area contributed by atoms with E-state index >= 15 is 0 Å². The Bertz CT molecular complexity index is 999. The van der Waals surface area contributed by atoms with Gasteiger partial charge in [-0.2, -0.15) is 0 Å². The lowest BCUT2D eigenvalue weighted by molar-refractivity contribution is -0.247. The molecule has 5 nitrogen and oxygen atoms in total. The maximum Gasteiger partial charge on any atom is 0.315 e. The summed E-state index contributed by atoms with van der Waals surface area (Å²) in [5.41, 5.74) is -0.430. The van der Waals surface area contributed by atoms with E-state index in [9.17, 15) is 20.1 Å². The lowest BCUT2D eigenvalue weighted by atomic mass is 9.33. The standard InChI is InChI=1S/C30H46O5/c1-25(2)13-17-16-8-9-19-27(5,11-10-18-26(3,4)20(31)12-21(32)29(18,19)7)28(16,6)14-22(33)30(17)15-23(25)35-24(30)34/h8,17-23,31-33H,9-15H2,1-7H3/t17-,18-,19-,20-,21+,22+,23-,27+,28+,29-,30+/m0/s1. The predicted octanol–water partition coefficient (Wildman–Crippen LogP) is 4.63. The van der Waals surface area contributed by atoms with Crippen molar-refractivity contribution in [2.24, 2.45) is 50.2 Å². The van der Waals surface area contributed by atoms with Gasteiger partial charge in [-0.1, -0.05) is 60.1 Å². The van der Waals surface area contributed by atoms with E-state index in [1.165, 1.54) is 5.57 Å². The SMILES string of the molecule is CC1(C)C[C@H]2C3=CC[C@@H]4[C@@]5(C)[C@H](O)C[C@H](O)C(C)(C)[C@@H]5CC[C@@]4(C)[C@]3(C)C[C@@H](O)[C@@]23C[C@@H]1OC3=O. The summed E-state index contributed by atoms with van der Waals surface area (Å²) >= 11 is 0. The van der Waals surface area contributed by atoms with E-state index in [1.54, 1.807) is 0 Å². The van der Waals surface area contributed by atoms with Gasteiger partial charge >= 0.3 is 5.97 Å². The highest BCUT2D eigenvalue weighted by Gasteiger charge is 2.75. The summed E-state index contributed by atoms with van der Waals surface area (Å²) < 4.78 is 5.93. The van der Waals surface area contributed by atoms with E-state index in [0.29, 0.717) is 19.3 Å². The number of hydrogen-bond acceptors (Lipinski definition) is 5. The van der Waals surface area contributed by atoms with Gasteiger partial charge in [-0.3, -0.25) is 4.79 Å². The Morgan fingerprint density at radius 3 is 2.26 bits per heavy atom. The van der Waals surface area contributed by atoms with Crippen LogP contribution in [0.2, 0.25) is 0 Å². The van der Waals surface area contributed by atoms with Crippen LogP contribution in [0.25, 0.3) is 0 Å². The van der Waals surface area contributed by atoms with Gasteiger partial charge in [0.25, 0.3) is 0 Å². The van der Waals surface area contributed by atoms with Gasteiger partial charge in [0.1, 0.15) is 11.5 Å². The first-order valence-corrected chi connectivity index (χ1v) is 14.0. The summed E-state index contributed by atoms with van der Waals surface area (Å²) in [5, 5.41) is 34.2. The maximum atomic E-state index is 13.4. The number of hydrogen-bond donors (Lipinski definition) is 3.